The van der Waals surface area contributed by atoms with E-state index in [2.05, 4.69) is 4.98 Å². The van der Waals surface area contributed by atoms with Gasteiger partial charge in [0.1, 0.15) is 29.1 Å². The molecule has 0 fully saturated rings. The van der Waals surface area contributed by atoms with Crippen molar-refractivity contribution in [1.29, 1.82) is 0 Å². The van der Waals surface area contributed by atoms with Gasteiger partial charge in [0.2, 0.25) is 5.91 Å². The molecule has 0 saturated carbocycles. The lowest BCUT2D eigenvalue weighted by atomic mass is 10.1. The third-order valence-corrected chi connectivity index (χ3v) is 5.37. The van der Waals surface area contributed by atoms with Crippen molar-refractivity contribution in [2.24, 2.45) is 0 Å². The predicted molar refractivity (Wildman–Crippen MR) is 113 cm³/mol. The number of hydrogen-bond acceptors (Lipinski definition) is 2. The van der Waals surface area contributed by atoms with Crippen LogP contribution in [-0.4, -0.2) is 27.4 Å². The number of rotatable bonds is 5. The van der Waals surface area contributed by atoms with Crippen LogP contribution < -0.4 is 0 Å². The molecule has 0 aliphatic rings. The Kier molecular flexibility index (Phi) is 5.69. The fraction of sp³-hybridized carbons (Fsp3) is 0.167. The van der Waals surface area contributed by atoms with Gasteiger partial charge in [-0.3, -0.25) is 4.79 Å². The lowest BCUT2D eigenvalue weighted by Gasteiger charge is -2.15. The SMILES string of the molecule is CC(=O)N(C)Cc1cccc2c1nc(-c1c(F)cccc1F)n2Cc1c(F)cccc1F. The highest BCUT2D eigenvalue weighted by Gasteiger charge is 2.23. The number of halogens is 4. The Balaban J connectivity index is 1.98. The maximum absolute atomic E-state index is 14.7. The smallest absolute Gasteiger partial charge is 0.219 e. The highest BCUT2D eigenvalue weighted by Crippen LogP contribution is 2.32. The molecule has 0 N–H and O–H groups in total. The van der Waals surface area contributed by atoms with Gasteiger partial charge in [-0.25, -0.2) is 22.5 Å². The van der Waals surface area contributed by atoms with Crippen molar-refractivity contribution in [3.63, 3.8) is 0 Å². The third kappa shape index (κ3) is 3.84. The largest absolute Gasteiger partial charge is 0.342 e. The second-order valence-corrected chi connectivity index (χ2v) is 7.48. The highest BCUT2D eigenvalue weighted by atomic mass is 19.1. The van der Waals surface area contributed by atoms with Gasteiger partial charge in [-0.15, -0.1) is 0 Å². The molecule has 0 unspecified atom stereocenters. The molecule has 0 spiro atoms. The summed E-state index contributed by atoms with van der Waals surface area (Å²) in [5, 5.41) is 0. The standard InChI is InChI=1S/C24H19F4N3O/c1-14(32)30(2)12-15-6-3-11-21-23(15)29-24(22-19(27)9-5-10-20(22)28)31(21)13-16-17(25)7-4-8-18(16)26/h3-11H,12-13H2,1-2H3. The normalized spacial score (nSPS) is 11.2. The first-order valence-electron chi connectivity index (χ1n) is 9.85. The summed E-state index contributed by atoms with van der Waals surface area (Å²) in [6.45, 7) is 1.29. The van der Waals surface area contributed by atoms with Gasteiger partial charge in [-0.1, -0.05) is 24.3 Å². The van der Waals surface area contributed by atoms with Crippen LogP contribution >= 0.6 is 0 Å². The molecule has 8 heteroatoms. The van der Waals surface area contributed by atoms with Gasteiger partial charge in [0, 0.05) is 26.1 Å². The van der Waals surface area contributed by atoms with E-state index < -0.39 is 28.8 Å². The molecule has 0 saturated heterocycles. The minimum Gasteiger partial charge on any atom is -0.342 e. The molecule has 0 bridgehead atoms. The number of carbonyl (C=O) groups is 1. The Labute approximate surface area is 181 Å². The molecule has 1 heterocycles. The number of aromatic nitrogens is 2. The first kappa shape index (κ1) is 21.5. The zero-order valence-corrected chi connectivity index (χ0v) is 17.4. The molecule has 4 aromatic rings. The zero-order valence-electron chi connectivity index (χ0n) is 17.4. The first-order chi connectivity index (χ1) is 15.3. The number of para-hydroxylation sites is 1. The predicted octanol–water partition coefficient (Wildman–Crippen LogP) is 5.29. The molecule has 4 rings (SSSR count). The van der Waals surface area contributed by atoms with Crippen molar-refractivity contribution < 1.29 is 22.4 Å². The lowest BCUT2D eigenvalue weighted by molar-refractivity contribution is -0.128. The third-order valence-electron chi connectivity index (χ3n) is 5.37. The second-order valence-electron chi connectivity index (χ2n) is 7.48. The highest BCUT2D eigenvalue weighted by molar-refractivity contribution is 5.84. The fourth-order valence-electron chi connectivity index (χ4n) is 3.60. The Hall–Kier alpha value is -3.68. The fourth-order valence-corrected chi connectivity index (χ4v) is 3.60. The maximum Gasteiger partial charge on any atom is 0.219 e. The number of imidazole rings is 1. The van der Waals surface area contributed by atoms with E-state index in [1.54, 1.807) is 25.2 Å². The molecular weight excluding hydrogens is 422 g/mol. The summed E-state index contributed by atoms with van der Waals surface area (Å²) in [4.78, 5) is 17.6. The van der Waals surface area contributed by atoms with Crippen molar-refractivity contribution in [1.82, 2.24) is 14.5 Å². The van der Waals surface area contributed by atoms with Crippen LogP contribution in [0, 0.1) is 23.3 Å². The van der Waals surface area contributed by atoms with Crippen LogP contribution in [-0.2, 0) is 17.9 Å². The zero-order chi connectivity index (χ0) is 23.0. The van der Waals surface area contributed by atoms with Crippen molar-refractivity contribution in [3.05, 3.63) is 89.0 Å². The van der Waals surface area contributed by atoms with Gasteiger partial charge in [-0.2, -0.15) is 0 Å². The van der Waals surface area contributed by atoms with Crippen LogP contribution in [0.5, 0.6) is 0 Å². The minimum atomic E-state index is -0.849. The van der Waals surface area contributed by atoms with Crippen LogP contribution in [0.1, 0.15) is 18.1 Å². The number of hydrogen-bond donors (Lipinski definition) is 0. The monoisotopic (exact) mass is 441 g/mol. The summed E-state index contributed by atoms with van der Waals surface area (Å²) in [5.41, 5.74) is 0.795. The Morgan fingerprint density at radius 2 is 1.47 bits per heavy atom. The Bertz CT molecular complexity index is 1290. The summed E-state index contributed by atoms with van der Waals surface area (Å²) in [6, 6.07) is 12.0. The summed E-state index contributed by atoms with van der Waals surface area (Å²) in [7, 11) is 1.62. The van der Waals surface area contributed by atoms with Crippen molar-refractivity contribution in [3.8, 4) is 11.4 Å². The molecule has 4 nitrogen and oxygen atoms in total. The summed E-state index contributed by atoms with van der Waals surface area (Å²) >= 11 is 0. The van der Waals surface area contributed by atoms with Gasteiger partial charge >= 0.3 is 0 Å². The second kappa shape index (κ2) is 8.45. The number of benzene rings is 3. The van der Waals surface area contributed by atoms with Crippen molar-refractivity contribution >= 4 is 16.9 Å². The van der Waals surface area contributed by atoms with Crippen LogP contribution in [0.3, 0.4) is 0 Å². The Morgan fingerprint density at radius 1 is 0.906 bits per heavy atom. The molecule has 0 aliphatic carbocycles. The molecule has 1 aromatic heterocycles. The van der Waals surface area contributed by atoms with E-state index in [9.17, 15) is 22.4 Å². The summed E-state index contributed by atoms with van der Waals surface area (Å²) in [5.74, 6) is -3.53. The van der Waals surface area contributed by atoms with E-state index in [0.717, 1.165) is 24.3 Å². The Morgan fingerprint density at radius 3 is 2.06 bits per heavy atom. The molecule has 164 valence electrons. The number of nitrogens with zero attached hydrogens (tertiary/aromatic N) is 3. The van der Waals surface area contributed by atoms with E-state index in [0.29, 0.717) is 16.6 Å². The van der Waals surface area contributed by atoms with Gasteiger partial charge in [0.15, 0.2) is 0 Å². The van der Waals surface area contributed by atoms with Crippen LogP contribution in [0.25, 0.3) is 22.4 Å². The molecule has 0 atom stereocenters. The summed E-state index contributed by atoms with van der Waals surface area (Å²) in [6.07, 6.45) is 0. The average Bonchev–Trinajstić information content (AvgIpc) is 3.09. The van der Waals surface area contributed by atoms with Crippen molar-refractivity contribution in [2.75, 3.05) is 7.05 Å². The van der Waals surface area contributed by atoms with Gasteiger partial charge in [-0.05, 0) is 35.9 Å². The number of carbonyl (C=O) groups excluding carboxylic acids is 1. The average molecular weight is 441 g/mol. The molecule has 32 heavy (non-hydrogen) atoms. The molecule has 3 aromatic carbocycles. The maximum atomic E-state index is 14.7. The topological polar surface area (TPSA) is 38.1 Å². The van der Waals surface area contributed by atoms with Crippen LogP contribution in [0.2, 0.25) is 0 Å². The number of fused-ring (bicyclic) bond motifs is 1. The van der Waals surface area contributed by atoms with E-state index in [1.165, 1.54) is 28.5 Å². The van der Waals surface area contributed by atoms with Crippen LogP contribution in [0.15, 0.2) is 54.6 Å². The first-order valence-corrected chi connectivity index (χ1v) is 9.85. The quantitative estimate of drug-likeness (QED) is 0.395. The van der Waals surface area contributed by atoms with E-state index in [-0.39, 0.29) is 30.4 Å². The van der Waals surface area contributed by atoms with Crippen molar-refractivity contribution in [2.45, 2.75) is 20.0 Å². The van der Waals surface area contributed by atoms with E-state index >= 15 is 0 Å². The van der Waals surface area contributed by atoms with Gasteiger partial charge < -0.3 is 9.47 Å². The van der Waals surface area contributed by atoms with Gasteiger partial charge in [0.25, 0.3) is 0 Å². The van der Waals surface area contributed by atoms with E-state index in [1.807, 2.05) is 0 Å². The number of amides is 1. The van der Waals surface area contributed by atoms with E-state index in [4.69, 9.17) is 0 Å². The van der Waals surface area contributed by atoms with Gasteiger partial charge in [0.05, 0.1) is 23.1 Å². The molecular formula is C24H19F4N3O. The lowest BCUT2D eigenvalue weighted by Crippen LogP contribution is -2.23. The molecule has 0 aliphatic heterocycles. The molecule has 1 amide bonds. The minimum absolute atomic E-state index is 0.101. The van der Waals surface area contributed by atoms with Crippen LogP contribution in [0.4, 0.5) is 17.6 Å². The molecule has 0 radical (unpaired) electrons. The summed E-state index contributed by atoms with van der Waals surface area (Å²) < 4.78 is 59.5.